The van der Waals surface area contributed by atoms with Gasteiger partial charge in [-0.05, 0) is 30.0 Å². The molecule has 1 aliphatic rings. The normalized spacial score (nSPS) is 18.2. The standard InChI is InChI=1S/C18H27N3O2S/c1-3-16(2)17-6-8-18(9-7-17)24(22,23)21-14-12-20(13-15-21)11-5-4-10-19/h6-9,16H,3-5,11-15H2,1-2H3/p+1/t16-/m1/s1. The van der Waals surface area contributed by atoms with Crippen molar-refractivity contribution in [1.82, 2.24) is 4.31 Å². The molecule has 2 rings (SSSR count). The van der Waals surface area contributed by atoms with Gasteiger partial charge in [-0.3, -0.25) is 0 Å². The summed E-state index contributed by atoms with van der Waals surface area (Å²) in [5.74, 6) is 0.447. The number of nitrogens with one attached hydrogen (secondary N) is 1. The van der Waals surface area contributed by atoms with Crippen molar-refractivity contribution in [3.05, 3.63) is 29.8 Å². The van der Waals surface area contributed by atoms with E-state index < -0.39 is 10.0 Å². The first kappa shape index (κ1) is 18.9. The van der Waals surface area contributed by atoms with E-state index in [4.69, 9.17) is 5.26 Å². The van der Waals surface area contributed by atoms with Crippen molar-refractivity contribution in [2.75, 3.05) is 32.7 Å². The van der Waals surface area contributed by atoms with Gasteiger partial charge in [0.15, 0.2) is 0 Å². The molecule has 0 bridgehead atoms. The largest absolute Gasteiger partial charge is 0.333 e. The number of sulfonamides is 1. The first-order valence-corrected chi connectivity index (χ1v) is 10.2. The molecule has 1 N–H and O–H groups in total. The minimum atomic E-state index is -3.39. The average Bonchev–Trinajstić information content (AvgIpc) is 2.62. The number of hydrogen-bond donors (Lipinski definition) is 1. The molecule has 0 spiro atoms. The number of benzene rings is 1. The summed E-state index contributed by atoms with van der Waals surface area (Å²) in [7, 11) is -3.39. The van der Waals surface area contributed by atoms with E-state index in [1.165, 1.54) is 10.5 Å². The topological polar surface area (TPSA) is 65.6 Å². The van der Waals surface area contributed by atoms with Crippen LogP contribution in [0.5, 0.6) is 0 Å². The van der Waals surface area contributed by atoms with Crippen LogP contribution in [-0.4, -0.2) is 45.4 Å². The molecule has 0 radical (unpaired) electrons. The van der Waals surface area contributed by atoms with Crippen LogP contribution in [0.1, 0.15) is 44.6 Å². The van der Waals surface area contributed by atoms with Crippen LogP contribution in [-0.2, 0) is 10.0 Å². The highest BCUT2D eigenvalue weighted by Crippen LogP contribution is 2.22. The van der Waals surface area contributed by atoms with Gasteiger partial charge in [0, 0.05) is 12.8 Å². The van der Waals surface area contributed by atoms with E-state index in [9.17, 15) is 8.42 Å². The van der Waals surface area contributed by atoms with E-state index >= 15 is 0 Å². The molecule has 132 valence electrons. The highest BCUT2D eigenvalue weighted by Gasteiger charge is 2.30. The summed E-state index contributed by atoms with van der Waals surface area (Å²) >= 11 is 0. The zero-order valence-electron chi connectivity index (χ0n) is 14.7. The van der Waals surface area contributed by atoms with Crippen molar-refractivity contribution >= 4 is 10.0 Å². The SMILES string of the molecule is CC[C@@H](C)c1ccc(S(=O)(=O)N2CC[NH+](CCCC#N)CC2)cc1. The third-order valence-corrected chi connectivity index (χ3v) is 6.86. The average molecular weight is 351 g/mol. The Morgan fingerprint density at radius 1 is 1.25 bits per heavy atom. The third-order valence-electron chi connectivity index (χ3n) is 4.95. The van der Waals surface area contributed by atoms with Gasteiger partial charge in [0.05, 0.1) is 43.7 Å². The molecule has 1 aromatic carbocycles. The van der Waals surface area contributed by atoms with Crippen LogP contribution in [0.2, 0.25) is 0 Å². The fourth-order valence-corrected chi connectivity index (χ4v) is 4.50. The molecule has 6 heteroatoms. The fourth-order valence-electron chi connectivity index (χ4n) is 3.06. The van der Waals surface area contributed by atoms with Gasteiger partial charge < -0.3 is 4.90 Å². The molecular formula is C18H28N3O2S+. The first-order valence-electron chi connectivity index (χ1n) is 8.79. The number of hydrogen-bond acceptors (Lipinski definition) is 3. The van der Waals surface area contributed by atoms with Gasteiger partial charge in [0.2, 0.25) is 10.0 Å². The summed E-state index contributed by atoms with van der Waals surface area (Å²) in [4.78, 5) is 1.78. The highest BCUT2D eigenvalue weighted by molar-refractivity contribution is 7.89. The lowest BCUT2D eigenvalue weighted by Gasteiger charge is -2.31. The first-order chi connectivity index (χ1) is 11.5. The Balaban J connectivity index is 1.97. The molecule has 1 heterocycles. The van der Waals surface area contributed by atoms with E-state index in [0.717, 1.165) is 32.5 Å². The van der Waals surface area contributed by atoms with Gasteiger partial charge in [-0.25, -0.2) is 8.42 Å². The predicted octanol–water partition coefficient (Wildman–Crippen LogP) is 1.39. The van der Waals surface area contributed by atoms with Crippen molar-refractivity contribution in [1.29, 1.82) is 5.26 Å². The Labute approximate surface area is 145 Å². The van der Waals surface area contributed by atoms with E-state index in [1.54, 1.807) is 16.4 Å². The number of rotatable bonds is 7. The second-order valence-electron chi connectivity index (χ2n) is 6.54. The van der Waals surface area contributed by atoms with Crippen LogP contribution in [0.25, 0.3) is 0 Å². The van der Waals surface area contributed by atoms with Crippen LogP contribution in [0.4, 0.5) is 0 Å². The van der Waals surface area contributed by atoms with Gasteiger partial charge in [0.25, 0.3) is 0 Å². The summed E-state index contributed by atoms with van der Waals surface area (Å²) in [6.07, 6.45) is 2.51. The fraction of sp³-hybridized carbons (Fsp3) is 0.611. The lowest BCUT2D eigenvalue weighted by atomic mass is 9.99. The summed E-state index contributed by atoms with van der Waals surface area (Å²) in [6.45, 7) is 7.97. The van der Waals surface area contributed by atoms with Crippen molar-refractivity contribution < 1.29 is 13.3 Å². The predicted molar refractivity (Wildman–Crippen MR) is 94.3 cm³/mol. The molecule has 1 atom stereocenters. The maximum atomic E-state index is 12.8. The maximum Gasteiger partial charge on any atom is 0.243 e. The van der Waals surface area contributed by atoms with Gasteiger partial charge in [-0.15, -0.1) is 0 Å². The monoisotopic (exact) mass is 350 g/mol. The van der Waals surface area contributed by atoms with Crippen molar-refractivity contribution in [3.63, 3.8) is 0 Å². The van der Waals surface area contributed by atoms with E-state index in [0.29, 0.717) is 30.3 Å². The molecule has 0 unspecified atom stereocenters. The molecule has 0 amide bonds. The molecule has 1 aromatic rings. The lowest BCUT2D eigenvalue weighted by Crippen LogP contribution is -3.14. The molecule has 1 fully saturated rings. The number of piperazine rings is 1. The molecule has 5 nitrogen and oxygen atoms in total. The molecule has 24 heavy (non-hydrogen) atoms. The van der Waals surface area contributed by atoms with Gasteiger partial charge in [-0.1, -0.05) is 26.0 Å². The van der Waals surface area contributed by atoms with Gasteiger partial charge in [0.1, 0.15) is 0 Å². The van der Waals surface area contributed by atoms with Gasteiger partial charge >= 0.3 is 0 Å². The van der Waals surface area contributed by atoms with Gasteiger partial charge in [-0.2, -0.15) is 9.57 Å². The minimum absolute atomic E-state index is 0.391. The molecule has 0 saturated carbocycles. The summed E-state index contributed by atoms with van der Waals surface area (Å²) in [5, 5.41) is 8.59. The molecule has 1 aliphatic heterocycles. The Morgan fingerprint density at radius 3 is 2.42 bits per heavy atom. The van der Waals surface area contributed by atoms with Crippen LogP contribution in [0.3, 0.4) is 0 Å². The van der Waals surface area contributed by atoms with E-state index in [-0.39, 0.29) is 0 Å². The molecule has 0 aromatic heterocycles. The Hall–Kier alpha value is -1.42. The van der Waals surface area contributed by atoms with Crippen LogP contribution in [0.15, 0.2) is 29.2 Å². The summed E-state index contributed by atoms with van der Waals surface area (Å²) in [5.41, 5.74) is 1.18. The second kappa shape index (κ2) is 8.61. The number of nitrogens with zero attached hydrogens (tertiary/aromatic N) is 2. The molecule has 1 saturated heterocycles. The van der Waals surface area contributed by atoms with Crippen molar-refractivity contribution in [3.8, 4) is 6.07 Å². The van der Waals surface area contributed by atoms with Crippen molar-refractivity contribution in [2.45, 2.75) is 43.9 Å². The van der Waals surface area contributed by atoms with Crippen LogP contribution in [0, 0.1) is 11.3 Å². The smallest absolute Gasteiger partial charge is 0.243 e. The maximum absolute atomic E-state index is 12.8. The molecule has 0 aliphatic carbocycles. The Kier molecular flexibility index (Phi) is 6.79. The highest BCUT2D eigenvalue weighted by atomic mass is 32.2. The number of nitriles is 1. The van der Waals surface area contributed by atoms with E-state index in [2.05, 4.69) is 19.9 Å². The summed E-state index contributed by atoms with van der Waals surface area (Å²) < 4.78 is 27.2. The zero-order valence-corrected chi connectivity index (χ0v) is 15.5. The van der Waals surface area contributed by atoms with E-state index in [1.807, 2.05) is 12.1 Å². The summed E-state index contributed by atoms with van der Waals surface area (Å²) in [6, 6.07) is 9.51. The van der Waals surface area contributed by atoms with Crippen LogP contribution < -0.4 is 4.90 Å². The lowest BCUT2D eigenvalue weighted by molar-refractivity contribution is -0.903. The third kappa shape index (κ3) is 4.56. The number of unbranched alkanes of at least 4 members (excludes halogenated alkanes) is 1. The van der Waals surface area contributed by atoms with Crippen molar-refractivity contribution in [2.24, 2.45) is 0 Å². The minimum Gasteiger partial charge on any atom is -0.333 e. The molecular weight excluding hydrogens is 322 g/mol. The van der Waals surface area contributed by atoms with Crippen LogP contribution >= 0.6 is 0 Å². The zero-order chi connectivity index (χ0) is 17.6. The Bertz CT molecular complexity index is 656. The quantitative estimate of drug-likeness (QED) is 0.756. The Morgan fingerprint density at radius 2 is 1.88 bits per heavy atom. The second-order valence-corrected chi connectivity index (χ2v) is 8.48. The number of quaternary nitrogens is 1.